The summed E-state index contributed by atoms with van der Waals surface area (Å²) in [6, 6.07) is 3.57. The average Bonchev–Trinajstić information content (AvgIpc) is 2.49. The number of fused-ring (bicyclic) bond motifs is 1. The summed E-state index contributed by atoms with van der Waals surface area (Å²) in [5.41, 5.74) is 2.16. The number of amides is 1. The topological polar surface area (TPSA) is 41.1 Å². The Morgan fingerprint density at radius 1 is 1.24 bits per heavy atom. The molecule has 1 aromatic carbocycles. The molecule has 2 N–H and O–H groups in total. The zero-order valence-corrected chi connectivity index (χ0v) is 12.5. The molecule has 1 aliphatic heterocycles. The highest BCUT2D eigenvalue weighted by Crippen LogP contribution is 2.32. The van der Waals surface area contributed by atoms with Gasteiger partial charge in [0.2, 0.25) is 5.91 Å². The van der Waals surface area contributed by atoms with Crippen LogP contribution in [0.3, 0.4) is 0 Å². The first-order valence-electron chi connectivity index (χ1n) is 8.02. The van der Waals surface area contributed by atoms with Crippen LogP contribution in [0.2, 0.25) is 0 Å². The molecular weight excluding hydrogens is 267 g/mol. The molecule has 1 aliphatic carbocycles. The van der Waals surface area contributed by atoms with Crippen molar-refractivity contribution in [3.05, 3.63) is 23.5 Å². The van der Waals surface area contributed by atoms with Gasteiger partial charge in [-0.25, -0.2) is 4.39 Å². The van der Waals surface area contributed by atoms with Gasteiger partial charge in [0.25, 0.3) is 0 Å². The number of nitrogens with one attached hydrogen (secondary N) is 2. The molecule has 114 valence electrons. The van der Waals surface area contributed by atoms with Crippen molar-refractivity contribution in [1.29, 1.82) is 0 Å². The van der Waals surface area contributed by atoms with Crippen LogP contribution >= 0.6 is 0 Å². The number of carbonyl (C=O) groups is 1. The van der Waals surface area contributed by atoms with Crippen molar-refractivity contribution in [2.75, 3.05) is 10.6 Å². The zero-order chi connectivity index (χ0) is 14.8. The van der Waals surface area contributed by atoms with Crippen molar-refractivity contribution in [3.63, 3.8) is 0 Å². The molecule has 2 aliphatic rings. The third-order valence-corrected chi connectivity index (χ3v) is 4.83. The smallest absolute Gasteiger partial charge is 0.224 e. The summed E-state index contributed by atoms with van der Waals surface area (Å²) in [7, 11) is 0. The van der Waals surface area contributed by atoms with Gasteiger partial charge in [0.05, 0.1) is 5.69 Å². The standard InChI is InChI=1S/C17H23FN2O/c1-11(12-5-3-2-4-6-12)19-16-10-15-13(9-14(16)18)7-8-17(21)20-15/h9-12,19H,2-8H2,1H3,(H,20,21). The fraction of sp³-hybridized carbons (Fsp3) is 0.588. The monoisotopic (exact) mass is 290 g/mol. The van der Waals surface area contributed by atoms with Crippen molar-refractivity contribution in [1.82, 2.24) is 0 Å². The molecule has 21 heavy (non-hydrogen) atoms. The highest BCUT2D eigenvalue weighted by molar-refractivity contribution is 5.94. The Balaban J connectivity index is 1.75. The molecule has 0 radical (unpaired) electrons. The molecule has 1 heterocycles. The molecule has 1 unspecified atom stereocenters. The van der Waals surface area contributed by atoms with Crippen LogP contribution in [-0.2, 0) is 11.2 Å². The predicted molar refractivity (Wildman–Crippen MR) is 83.0 cm³/mol. The van der Waals surface area contributed by atoms with Gasteiger partial charge >= 0.3 is 0 Å². The van der Waals surface area contributed by atoms with Crippen LogP contribution in [0.4, 0.5) is 15.8 Å². The van der Waals surface area contributed by atoms with Gasteiger partial charge in [-0.05, 0) is 49.8 Å². The third-order valence-electron chi connectivity index (χ3n) is 4.83. The number of carbonyl (C=O) groups excluding carboxylic acids is 1. The Hall–Kier alpha value is -1.58. The van der Waals surface area contributed by atoms with E-state index in [9.17, 15) is 9.18 Å². The lowest BCUT2D eigenvalue weighted by Crippen LogP contribution is -2.28. The van der Waals surface area contributed by atoms with Crippen molar-refractivity contribution in [3.8, 4) is 0 Å². The molecule has 1 aromatic rings. The number of rotatable bonds is 3. The van der Waals surface area contributed by atoms with Gasteiger partial charge in [0.1, 0.15) is 5.82 Å². The summed E-state index contributed by atoms with van der Waals surface area (Å²) in [5, 5.41) is 6.15. The lowest BCUT2D eigenvalue weighted by molar-refractivity contribution is -0.116. The molecule has 4 heteroatoms. The molecule has 1 amide bonds. The molecule has 1 fully saturated rings. The van der Waals surface area contributed by atoms with Crippen molar-refractivity contribution < 1.29 is 9.18 Å². The Bertz CT molecular complexity index is 538. The first kappa shape index (κ1) is 14.4. The van der Waals surface area contributed by atoms with Crippen LogP contribution in [-0.4, -0.2) is 11.9 Å². The second-order valence-corrected chi connectivity index (χ2v) is 6.37. The maximum atomic E-state index is 14.2. The van der Waals surface area contributed by atoms with Crippen molar-refractivity contribution in [2.24, 2.45) is 5.92 Å². The fourth-order valence-electron chi connectivity index (χ4n) is 3.51. The van der Waals surface area contributed by atoms with Crippen LogP contribution in [0, 0.1) is 11.7 Å². The molecule has 0 bridgehead atoms. The van der Waals surface area contributed by atoms with Crippen molar-refractivity contribution in [2.45, 2.75) is 57.9 Å². The third kappa shape index (κ3) is 3.20. The maximum absolute atomic E-state index is 14.2. The Morgan fingerprint density at radius 2 is 2.00 bits per heavy atom. The van der Waals surface area contributed by atoms with E-state index in [1.54, 1.807) is 12.1 Å². The number of aryl methyl sites for hydroxylation is 1. The van der Waals surface area contributed by atoms with Gasteiger partial charge in [-0.1, -0.05) is 19.3 Å². The van der Waals surface area contributed by atoms with Gasteiger partial charge in [0, 0.05) is 18.2 Å². The van der Waals surface area contributed by atoms with Crippen LogP contribution < -0.4 is 10.6 Å². The fourth-order valence-corrected chi connectivity index (χ4v) is 3.51. The van der Waals surface area contributed by atoms with E-state index in [4.69, 9.17) is 0 Å². The first-order chi connectivity index (χ1) is 10.1. The highest BCUT2D eigenvalue weighted by Gasteiger charge is 2.22. The number of hydrogen-bond acceptors (Lipinski definition) is 2. The quantitative estimate of drug-likeness (QED) is 0.880. The predicted octanol–water partition coefficient (Wildman–Crippen LogP) is 4.09. The van der Waals surface area contributed by atoms with Crippen LogP contribution in [0.5, 0.6) is 0 Å². The Morgan fingerprint density at radius 3 is 2.76 bits per heavy atom. The molecular formula is C17H23FN2O. The van der Waals surface area contributed by atoms with Crippen molar-refractivity contribution >= 4 is 17.3 Å². The van der Waals surface area contributed by atoms with Gasteiger partial charge < -0.3 is 10.6 Å². The Labute approximate surface area is 125 Å². The Kier molecular flexibility index (Phi) is 4.13. The van der Waals surface area contributed by atoms with E-state index in [1.165, 1.54) is 32.1 Å². The molecule has 0 aromatic heterocycles. The minimum atomic E-state index is -0.215. The van der Waals surface area contributed by atoms with E-state index in [0.29, 0.717) is 24.4 Å². The van der Waals surface area contributed by atoms with E-state index in [-0.39, 0.29) is 17.8 Å². The summed E-state index contributed by atoms with van der Waals surface area (Å²) in [4.78, 5) is 11.5. The molecule has 1 saturated carbocycles. The van der Waals surface area contributed by atoms with E-state index < -0.39 is 0 Å². The second kappa shape index (κ2) is 6.04. The number of anilines is 2. The lowest BCUT2D eigenvalue weighted by atomic mass is 9.84. The zero-order valence-electron chi connectivity index (χ0n) is 12.5. The maximum Gasteiger partial charge on any atom is 0.224 e. The van der Waals surface area contributed by atoms with E-state index in [2.05, 4.69) is 17.6 Å². The second-order valence-electron chi connectivity index (χ2n) is 6.37. The summed E-state index contributed by atoms with van der Waals surface area (Å²) >= 11 is 0. The van der Waals surface area contributed by atoms with Gasteiger partial charge in [-0.2, -0.15) is 0 Å². The van der Waals surface area contributed by atoms with Gasteiger partial charge in [-0.3, -0.25) is 4.79 Å². The van der Waals surface area contributed by atoms with Gasteiger partial charge in [0.15, 0.2) is 0 Å². The minimum absolute atomic E-state index is 0.0142. The number of halogens is 1. The van der Waals surface area contributed by atoms with Gasteiger partial charge in [-0.15, -0.1) is 0 Å². The molecule has 1 atom stereocenters. The normalized spacial score (nSPS) is 20.6. The summed E-state index contributed by atoms with van der Waals surface area (Å²) in [6.07, 6.45) is 7.38. The highest BCUT2D eigenvalue weighted by atomic mass is 19.1. The summed E-state index contributed by atoms with van der Waals surface area (Å²) in [5.74, 6) is 0.414. The molecule has 0 spiro atoms. The van der Waals surface area contributed by atoms with Crippen LogP contribution in [0.1, 0.15) is 51.0 Å². The van der Waals surface area contributed by atoms with E-state index in [1.807, 2.05) is 0 Å². The molecule has 0 saturated heterocycles. The van der Waals surface area contributed by atoms with E-state index in [0.717, 1.165) is 11.3 Å². The SMILES string of the molecule is CC(Nc1cc2c(cc1F)CCC(=O)N2)C1CCCCC1. The lowest BCUT2D eigenvalue weighted by Gasteiger charge is -2.29. The largest absolute Gasteiger partial charge is 0.380 e. The van der Waals surface area contributed by atoms with E-state index >= 15 is 0 Å². The van der Waals surface area contributed by atoms with Crippen LogP contribution in [0.25, 0.3) is 0 Å². The molecule has 3 rings (SSSR count). The number of hydrogen-bond donors (Lipinski definition) is 2. The minimum Gasteiger partial charge on any atom is -0.380 e. The average molecular weight is 290 g/mol. The van der Waals surface area contributed by atoms with Crippen LogP contribution in [0.15, 0.2) is 12.1 Å². The first-order valence-corrected chi connectivity index (χ1v) is 8.02. The number of benzene rings is 1. The summed E-state index contributed by atoms with van der Waals surface area (Å²) in [6.45, 7) is 2.13. The molecule has 3 nitrogen and oxygen atoms in total. The summed E-state index contributed by atoms with van der Waals surface area (Å²) < 4.78 is 14.2.